The topological polar surface area (TPSA) is 93.1 Å². The molecule has 0 spiro atoms. The molecule has 1 aromatic carbocycles. The first-order chi connectivity index (χ1) is 9.20. The van der Waals surface area contributed by atoms with Crippen LogP contribution in [0, 0.1) is 6.92 Å². The summed E-state index contributed by atoms with van der Waals surface area (Å²) < 4.78 is 43.1. The monoisotopic (exact) mass is 304 g/mol. The number of hydrogen-bond donors (Lipinski definition) is 2. The van der Waals surface area contributed by atoms with Crippen molar-refractivity contribution in [1.82, 2.24) is 0 Å². The lowest BCUT2D eigenvalue weighted by molar-refractivity contribution is 0.330. The minimum atomic E-state index is -4.47. The number of phenolic OH excluding ortho intramolecular Hbond substituents is 1. The SMILES string of the molecule is CCC(C)c1c(OC)c(O)c(OC)c(C)c1S(=O)(=O)O. The van der Waals surface area contributed by atoms with E-state index in [0.717, 1.165) is 0 Å². The number of methoxy groups -OCH3 is 2. The zero-order valence-corrected chi connectivity index (χ0v) is 13.0. The van der Waals surface area contributed by atoms with Crippen LogP contribution in [0.2, 0.25) is 0 Å². The van der Waals surface area contributed by atoms with Crippen molar-refractivity contribution in [2.24, 2.45) is 0 Å². The van der Waals surface area contributed by atoms with Crippen LogP contribution in [0.15, 0.2) is 4.90 Å². The van der Waals surface area contributed by atoms with E-state index in [1.807, 2.05) is 6.92 Å². The van der Waals surface area contributed by atoms with Crippen molar-refractivity contribution in [2.45, 2.75) is 38.0 Å². The van der Waals surface area contributed by atoms with Gasteiger partial charge in [0.15, 0.2) is 11.5 Å². The van der Waals surface area contributed by atoms with E-state index in [9.17, 15) is 18.1 Å². The molecular weight excluding hydrogens is 284 g/mol. The first-order valence-electron chi connectivity index (χ1n) is 6.15. The average molecular weight is 304 g/mol. The second-order valence-electron chi connectivity index (χ2n) is 4.57. The van der Waals surface area contributed by atoms with Crippen molar-refractivity contribution >= 4 is 10.1 Å². The highest BCUT2D eigenvalue weighted by Gasteiger charge is 2.31. The van der Waals surface area contributed by atoms with Crippen molar-refractivity contribution in [3.05, 3.63) is 11.1 Å². The van der Waals surface area contributed by atoms with E-state index in [2.05, 4.69) is 0 Å². The molecule has 1 atom stereocenters. The van der Waals surface area contributed by atoms with Crippen molar-refractivity contribution in [1.29, 1.82) is 0 Å². The average Bonchev–Trinajstić information content (AvgIpc) is 2.36. The summed E-state index contributed by atoms with van der Waals surface area (Å²) in [6.07, 6.45) is 0.615. The van der Waals surface area contributed by atoms with Crippen LogP contribution < -0.4 is 9.47 Å². The van der Waals surface area contributed by atoms with E-state index in [0.29, 0.717) is 6.42 Å². The molecule has 0 saturated carbocycles. The molecule has 1 rings (SSSR count). The minimum Gasteiger partial charge on any atom is -0.502 e. The number of ether oxygens (including phenoxy) is 2. The van der Waals surface area contributed by atoms with E-state index in [4.69, 9.17) is 9.47 Å². The Balaban J connectivity index is 3.97. The Hall–Kier alpha value is -1.47. The predicted molar refractivity (Wildman–Crippen MR) is 74.5 cm³/mol. The van der Waals surface area contributed by atoms with Gasteiger partial charge in [-0.2, -0.15) is 8.42 Å². The fraction of sp³-hybridized carbons (Fsp3) is 0.538. The lowest BCUT2D eigenvalue weighted by atomic mass is 9.94. The molecule has 0 aliphatic heterocycles. The van der Waals surface area contributed by atoms with Gasteiger partial charge in [-0.1, -0.05) is 13.8 Å². The lowest BCUT2D eigenvalue weighted by Gasteiger charge is -2.22. The van der Waals surface area contributed by atoms with Crippen LogP contribution in [-0.2, 0) is 10.1 Å². The molecule has 1 unspecified atom stereocenters. The summed E-state index contributed by atoms with van der Waals surface area (Å²) in [5.74, 6) is -0.511. The minimum absolute atomic E-state index is 0.00873. The third-order valence-electron chi connectivity index (χ3n) is 3.37. The molecule has 0 aromatic heterocycles. The van der Waals surface area contributed by atoms with Gasteiger partial charge in [0, 0.05) is 11.1 Å². The van der Waals surface area contributed by atoms with E-state index >= 15 is 0 Å². The Morgan fingerprint density at radius 3 is 2.05 bits per heavy atom. The van der Waals surface area contributed by atoms with E-state index < -0.39 is 10.1 Å². The maximum atomic E-state index is 11.7. The molecule has 2 N–H and O–H groups in total. The summed E-state index contributed by atoms with van der Waals surface area (Å²) in [5.41, 5.74) is 0.414. The molecule has 0 heterocycles. The number of phenols is 1. The summed E-state index contributed by atoms with van der Waals surface area (Å²) in [6.45, 7) is 5.12. The first-order valence-corrected chi connectivity index (χ1v) is 7.59. The fourth-order valence-electron chi connectivity index (χ4n) is 2.26. The highest BCUT2D eigenvalue weighted by molar-refractivity contribution is 7.86. The Labute approximate surface area is 119 Å². The standard InChI is InChI=1S/C13H20O6S/c1-6-7(2)9-12(19-5)10(14)11(18-4)8(3)13(9)20(15,16)17/h7,14H,6H2,1-5H3,(H,15,16,17). The summed E-state index contributed by atoms with van der Waals surface area (Å²) in [6, 6.07) is 0. The van der Waals surface area contributed by atoms with Gasteiger partial charge in [-0.15, -0.1) is 0 Å². The molecule has 0 bridgehead atoms. The molecule has 0 aliphatic rings. The van der Waals surface area contributed by atoms with Gasteiger partial charge < -0.3 is 14.6 Å². The van der Waals surface area contributed by atoms with Gasteiger partial charge in [0.25, 0.3) is 10.1 Å². The zero-order valence-electron chi connectivity index (χ0n) is 12.2. The summed E-state index contributed by atoms with van der Waals surface area (Å²) in [4.78, 5) is -0.265. The third-order valence-corrected chi connectivity index (χ3v) is 4.41. The van der Waals surface area contributed by atoms with Crippen LogP contribution >= 0.6 is 0 Å². The summed E-state index contributed by atoms with van der Waals surface area (Å²) in [7, 11) is -1.85. The summed E-state index contributed by atoms with van der Waals surface area (Å²) >= 11 is 0. The second kappa shape index (κ2) is 5.88. The maximum Gasteiger partial charge on any atom is 0.295 e. The molecule has 0 aliphatic carbocycles. The van der Waals surface area contributed by atoms with E-state index in [-0.39, 0.29) is 39.2 Å². The lowest BCUT2D eigenvalue weighted by Crippen LogP contribution is -2.11. The third kappa shape index (κ3) is 2.69. The van der Waals surface area contributed by atoms with Gasteiger partial charge in [0.1, 0.15) is 4.90 Å². The molecule has 20 heavy (non-hydrogen) atoms. The van der Waals surface area contributed by atoms with Crippen molar-refractivity contribution in [3.8, 4) is 17.2 Å². The van der Waals surface area contributed by atoms with Crippen LogP contribution in [0.4, 0.5) is 0 Å². The molecule has 7 heteroatoms. The van der Waals surface area contributed by atoms with Gasteiger partial charge in [-0.3, -0.25) is 4.55 Å². The fourth-order valence-corrected chi connectivity index (χ4v) is 3.31. The highest BCUT2D eigenvalue weighted by atomic mass is 32.2. The van der Waals surface area contributed by atoms with Crippen LogP contribution in [0.1, 0.15) is 37.3 Å². The molecule has 1 aromatic rings. The van der Waals surface area contributed by atoms with Gasteiger partial charge >= 0.3 is 0 Å². The van der Waals surface area contributed by atoms with Gasteiger partial charge in [0.05, 0.1) is 14.2 Å². The number of hydrogen-bond acceptors (Lipinski definition) is 5. The van der Waals surface area contributed by atoms with Crippen molar-refractivity contribution in [3.63, 3.8) is 0 Å². The molecule has 0 saturated heterocycles. The number of aromatic hydroxyl groups is 1. The maximum absolute atomic E-state index is 11.7. The second-order valence-corrected chi connectivity index (χ2v) is 5.93. The largest absolute Gasteiger partial charge is 0.502 e. The van der Waals surface area contributed by atoms with E-state index in [1.54, 1.807) is 6.92 Å². The van der Waals surface area contributed by atoms with Crippen molar-refractivity contribution in [2.75, 3.05) is 14.2 Å². The molecule has 6 nitrogen and oxygen atoms in total. The molecule has 0 fully saturated rings. The number of benzene rings is 1. The predicted octanol–water partition coefficient (Wildman–Crippen LogP) is 2.48. The quantitative estimate of drug-likeness (QED) is 0.812. The van der Waals surface area contributed by atoms with Gasteiger partial charge in [-0.25, -0.2) is 0 Å². The molecule has 0 radical (unpaired) electrons. The van der Waals surface area contributed by atoms with Crippen LogP contribution in [0.25, 0.3) is 0 Å². The number of rotatable bonds is 5. The van der Waals surface area contributed by atoms with Crippen molar-refractivity contribution < 1.29 is 27.6 Å². The van der Waals surface area contributed by atoms with Gasteiger partial charge in [-0.05, 0) is 19.3 Å². The zero-order chi connectivity index (χ0) is 15.7. The molecular formula is C13H20O6S. The Kier molecular flexibility index (Phi) is 4.88. The molecule has 114 valence electrons. The van der Waals surface area contributed by atoms with Crippen LogP contribution in [0.3, 0.4) is 0 Å². The highest BCUT2D eigenvalue weighted by Crippen LogP contribution is 2.48. The first kappa shape index (κ1) is 16.6. The van der Waals surface area contributed by atoms with Gasteiger partial charge in [0.2, 0.25) is 5.75 Å². The Morgan fingerprint density at radius 1 is 1.20 bits per heavy atom. The Morgan fingerprint density at radius 2 is 1.70 bits per heavy atom. The Bertz CT molecular complexity index is 606. The smallest absolute Gasteiger partial charge is 0.295 e. The van der Waals surface area contributed by atoms with E-state index in [1.165, 1.54) is 21.1 Å². The van der Waals surface area contributed by atoms with Crippen LogP contribution in [0.5, 0.6) is 17.2 Å². The van der Waals surface area contributed by atoms with Crippen LogP contribution in [-0.4, -0.2) is 32.3 Å². The summed E-state index contributed by atoms with van der Waals surface area (Å²) in [5, 5.41) is 10.2. The molecule has 0 amide bonds. The normalized spacial score (nSPS) is 13.1.